The Bertz CT molecular complexity index is 721. The zero-order valence-electron chi connectivity index (χ0n) is 12.4. The normalized spacial score (nSPS) is 11.4. The first-order valence-corrected chi connectivity index (χ1v) is 8.49. The van der Waals surface area contributed by atoms with Gasteiger partial charge in [0, 0.05) is 25.2 Å². The summed E-state index contributed by atoms with van der Waals surface area (Å²) >= 11 is 14.3. The molecule has 22 heavy (non-hydrogen) atoms. The van der Waals surface area contributed by atoms with Gasteiger partial charge in [-0.1, -0.05) is 29.3 Å². The van der Waals surface area contributed by atoms with Crippen LogP contribution in [-0.2, 0) is 4.79 Å². The lowest BCUT2D eigenvalue weighted by molar-refractivity contribution is -0.142. The molecule has 0 atom stereocenters. The minimum atomic E-state index is -0.591. The number of halogens is 3. The Labute approximate surface area is 153 Å². The van der Waals surface area contributed by atoms with Crippen molar-refractivity contribution in [3.63, 3.8) is 0 Å². The lowest BCUT2D eigenvalue weighted by Crippen LogP contribution is -2.25. The van der Waals surface area contributed by atoms with Crippen LogP contribution in [0.25, 0.3) is 11.1 Å². The summed E-state index contributed by atoms with van der Waals surface area (Å²) in [5.41, 5.74) is 1.16. The van der Waals surface area contributed by atoms with Gasteiger partial charge in [-0.3, -0.25) is 4.79 Å². The molecule has 0 fully saturated rings. The van der Waals surface area contributed by atoms with Crippen molar-refractivity contribution < 1.29 is 9.53 Å². The molecule has 5 heteroatoms. The van der Waals surface area contributed by atoms with E-state index in [4.69, 9.17) is 27.9 Å². The molecule has 2 nitrogen and oxygen atoms in total. The maximum atomic E-state index is 12.2. The van der Waals surface area contributed by atoms with Gasteiger partial charge in [-0.05, 0) is 73.2 Å². The van der Waals surface area contributed by atoms with Crippen LogP contribution in [-0.4, -0.2) is 5.97 Å². The monoisotopic (exact) mass is 448 g/mol. The number of rotatable bonds is 2. The van der Waals surface area contributed by atoms with Crippen LogP contribution in [0.5, 0.6) is 5.75 Å². The van der Waals surface area contributed by atoms with E-state index in [1.807, 2.05) is 45.0 Å². The molecule has 0 N–H and O–H groups in total. The number of carbonyl (C=O) groups is 1. The SMILES string of the molecule is CC(C)(C)C(=O)Oc1cc(Cl)ccc1-c1ccc(Cl)cc1I. The highest BCUT2D eigenvalue weighted by molar-refractivity contribution is 14.1. The van der Waals surface area contributed by atoms with Gasteiger partial charge in [-0.15, -0.1) is 0 Å². The van der Waals surface area contributed by atoms with Crippen molar-refractivity contribution in [3.8, 4) is 16.9 Å². The van der Waals surface area contributed by atoms with Crippen molar-refractivity contribution in [2.75, 3.05) is 0 Å². The quantitative estimate of drug-likeness (QED) is 0.310. The van der Waals surface area contributed by atoms with E-state index in [0.29, 0.717) is 15.8 Å². The first-order chi connectivity index (χ1) is 10.2. The first kappa shape index (κ1) is 17.6. The number of benzene rings is 2. The van der Waals surface area contributed by atoms with Crippen molar-refractivity contribution in [1.82, 2.24) is 0 Å². The highest BCUT2D eigenvalue weighted by Crippen LogP contribution is 2.37. The molecule has 0 aromatic heterocycles. The summed E-state index contributed by atoms with van der Waals surface area (Å²) in [6, 6.07) is 10.9. The fraction of sp³-hybridized carbons (Fsp3) is 0.235. The maximum Gasteiger partial charge on any atom is 0.316 e. The van der Waals surface area contributed by atoms with Gasteiger partial charge in [0.2, 0.25) is 0 Å². The summed E-state index contributed by atoms with van der Waals surface area (Å²) in [7, 11) is 0. The predicted octanol–water partition coefficient (Wildman–Crippen LogP) is 6.22. The first-order valence-electron chi connectivity index (χ1n) is 6.66. The molecule has 2 aromatic rings. The second-order valence-corrected chi connectivity index (χ2v) is 7.94. The average molecular weight is 449 g/mol. The molecule has 0 heterocycles. The number of ether oxygens (including phenoxy) is 1. The Morgan fingerprint density at radius 2 is 1.55 bits per heavy atom. The van der Waals surface area contributed by atoms with E-state index >= 15 is 0 Å². The lowest BCUT2D eigenvalue weighted by atomic mass is 9.97. The van der Waals surface area contributed by atoms with Gasteiger partial charge in [-0.25, -0.2) is 0 Å². The highest BCUT2D eigenvalue weighted by atomic mass is 127. The Balaban J connectivity index is 2.51. The molecule has 0 saturated heterocycles. The molecular weight excluding hydrogens is 434 g/mol. The van der Waals surface area contributed by atoms with Gasteiger partial charge in [-0.2, -0.15) is 0 Å². The second-order valence-electron chi connectivity index (χ2n) is 5.90. The summed E-state index contributed by atoms with van der Waals surface area (Å²) in [6.07, 6.45) is 0. The van der Waals surface area contributed by atoms with Crippen molar-refractivity contribution in [1.29, 1.82) is 0 Å². The molecule has 0 aliphatic rings. The molecule has 0 aliphatic heterocycles. The standard InChI is InChI=1S/C17H15Cl2IO2/c1-17(2,3)16(21)22-15-9-11(19)5-7-13(15)12-6-4-10(18)8-14(12)20/h4-9H,1-3H3. The van der Waals surface area contributed by atoms with Crippen LogP contribution >= 0.6 is 45.8 Å². The van der Waals surface area contributed by atoms with E-state index in [-0.39, 0.29) is 5.97 Å². The maximum absolute atomic E-state index is 12.2. The topological polar surface area (TPSA) is 26.3 Å². The molecule has 0 saturated carbocycles. The largest absolute Gasteiger partial charge is 0.425 e. The van der Waals surface area contributed by atoms with E-state index < -0.39 is 5.41 Å². The molecule has 2 aromatic carbocycles. The van der Waals surface area contributed by atoms with Crippen molar-refractivity contribution >= 4 is 51.8 Å². The number of esters is 1. The minimum absolute atomic E-state index is 0.306. The summed E-state index contributed by atoms with van der Waals surface area (Å²) in [6.45, 7) is 5.43. The van der Waals surface area contributed by atoms with E-state index in [9.17, 15) is 4.79 Å². The fourth-order valence-corrected chi connectivity index (χ4v) is 3.09. The molecule has 116 valence electrons. The van der Waals surface area contributed by atoms with Crippen LogP contribution < -0.4 is 4.74 Å². The lowest BCUT2D eigenvalue weighted by Gasteiger charge is -2.19. The summed E-state index contributed by atoms with van der Waals surface area (Å²) < 4.78 is 6.54. The van der Waals surface area contributed by atoms with Crippen molar-refractivity contribution in [2.24, 2.45) is 5.41 Å². The van der Waals surface area contributed by atoms with Gasteiger partial charge in [0.25, 0.3) is 0 Å². The molecular formula is C17H15Cl2IO2. The van der Waals surface area contributed by atoms with Gasteiger partial charge >= 0.3 is 5.97 Å². The Kier molecular flexibility index (Phi) is 5.41. The third-order valence-electron chi connectivity index (χ3n) is 2.98. The number of carbonyl (C=O) groups excluding carboxylic acids is 1. The van der Waals surface area contributed by atoms with Crippen LogP contribution in [0.3, 0.4) is 0 Å². The van der Waals surface area contributed by atoms with Crippen LogP contribution in [0, 0.1) is 8.99 Å². The van der Waals surface area contributed by atoms with Gasteiger partial charge < -0.3 is 4.74 Å². The molecule has 0 aliphatic carbocycles. The van der Waals surface area contributed by atoms with Gasteiger partial charge in [0.15, 0.2) is 0 Å². The van der Waals surface area contributed by atoms with Crippen molar-refractivity contribution in [3.05, 3.63) is 50.0 Å². The summed E-state index contributed by atoms with van der Waals surface area (Å²) in [4.78, 5) is 12.2. The minimum Gasteiger partial charge on any atom is -0.425 e. The average Bonchev–Trinajstić information content (AvgIpc) is 2.39. The molecule has 0 bridgehead atoms. The molecule has 0 spiro atoms. The third-order valence-corrected chi connectivity index (χ3v) is 4.34. The molecule has 0 amide bonds. The number of hydrogen-bond donors (Lipinski definition) is 0. The van der Waals surface area contributed by atoms with Crippen molar-refractivity contribution in [2.45, 2.75) is 20.8 Å². The third kappa shape index (κ3) is 4.15. The molecule has 2 rings (SSSR count). The molecule has 0 radical (unpaired) electrons. The van der Waals surface area contributed by atoms with E-state index in [1.165, 1.54) is 0 Å². The highest BCUT2D eigenvalue weighted by Gasteiger charge is 2.25. The summed E-state index contributed by atoms with van der Waals surface area (Å²) in [5, 5.41) is 1.18. The van der Waals surface area contributed by atoms with E-state index in [0.717, 1.165) is 14.7 Å². The van der Waals surface area contributed by atoms with Crippen LogP contribution in [0.2, 0.25) is 10.0 Å². The Hall–Kier alpha value is -0.780. The number of hydrogen-bond acceptors (Lipinski definition) is 2. The smallest absolute Gasteiger partial charge is 0.316 e. The van der Waals surface area contributed by atoms with E-state index in [2.05, 4.69) is 22.6 Å². The van der Waals surface area contributed by atoms with Gasteiger partial charge in [0.1, 0.15) is 5.75 Å². The van der Waals surface area contributed by atoms with Gasteiger partial charge in [0.05, 0.1) is 5.41 Å². The second kappa shape index (κ2) is 6.77. The van der Waals surface area contributed by atoms with Crippen LogP contribution in [0.15, 0.2) is 36.4 Å². The zero-order valence-corrected chi connectivity index (χ0v) is 16.1. The Morgan fingerprint density at radius 3 is 2.09 bits per heavy atom. The molecule has 0 unspecified atom stereocenters. The fourth-order valence-electron chi connectivity index (χ4n) is 1.76. The summed E-state index contributed by atoms with van der Waals surface area (Å²) in [5.74, 6) is 0.146. The van der Waals surface area contributed by atoms with Crippen LogP contribution in [0.1, 0.15) is 20.8 Å². The van der Waals surface area contributed by atoms with E-state index in [1.54, 1.807) is 12.1 Å². The van der Waals surface area contributed by atoms with Crippen LogP contribution in [0.4, 0.5) is 0 Å². The predicted molar refractivity (Wildman–Crippen MR) is 99.7 cm³/mol. The Morgan fingerprint density at radius 1 is 1.00 bits per heavy atom. The zero-order chi connectivity index (χ0) is 16.5.